The van der Waals surface area contributed by atoms with Gasteiger partial charge < -0.3 is 40.8 Å². The molecule has 0 spiro atoms. The van der Waals surface area contributed by atoms with E-state index in [1.807, 2.05) is 12.1 Å². The van der Waals surface area contributed by atoms with E-state index in [2.05, 4.69) is 78.4 Å². The predicted molar refractivity (Wildman–Crippen MR) is 234 cm³/mol. The lowest BCUT2D eigenvalue weighted by Crippen LogP contribution is -2.59. The number of esters is 1. The van der Waals surface area contributed by atoms with Crippen LogP contribution in [-0.2, 0) is 25.6 Å². The molecule has 14 nitrogen and oxygen atoms in total. The van der Waals surface area contributed by atoms with Crippen molar-refractivity contribution < 1.29 is 34.0 Å². The van der Waals surface area contributed by atoms with E-state index in [0.29, 0.717) is 12.2 Å². The van der Waals surface area contributed by atoms with Gasteiger partial charge in [-0.3, -0.25) is 23.5 Å². The lowest BCUT2D eigenvalue weighted by molar-refractivity contribution is -0.164. The van der Waals surface area contributed by atoms with E-state index < -0.39 is 81.5 Å². The minimum Gasteiger partial charge on any atom is -0.497 e. The third kappa shape index (κ3) is 11.2. The fourth-order valence-electron chi connectivity index (χ4n) is 7.49. The van der Waals surface area contributed by atoms with Crippen LogP contribution < -0.4 is 32.4 Å². The summed E-state index contributed by atoms with van der Waals surface area (Å²) in [7, 11) is -3.50. The number of carbonyl (C=O) groups excluding carboxylic acids is 2. The predicted octanol–water partition coefficient (Wildman–Crippen LogP) is 4.60. The van der Waals surface area contributed by atoms with Crippen LogP contribution in [-0.4, -0.2) is 104 Å². The molecule has 2 heterocycles. The zero-order chi connectivity index (χ0) is 44.3. The maximum atomic E-state index is 14.6. The Balaban J connectivity index is 2.22. The van der Waals surface area contributed by atoms with Gasteiger partial charge in [-0.1, -0.05) is 79.9 Å². The van der Waals surface area contributed by atoms with Crippen molar-refractivity contribution in [1.82, 2.24) is 19.8 Å². The highest BCUT2D eigenvalue weighted by atomic mass is 28.3. The monoisotopic (exact) mass is 847 g/mol. The molecule has 1 fully saturated rings. The number of rotatable bonds is 16. The third-order valence-electron chi connectivity index (χ3n) is 12.9. The Hall–Kier alpha value is -3.13. The number of aromatic nitrogens is 2. The molecule has 0 saturated carbocycles. The molecule has 2 aromatic rings. The Morgan fingerprint density at radius 1 is 0.897 bits per heavy atom. The summed E-state index contributed by atoms with van der Waals surface area (Å²) in [4.78, 5) is 54.5. The highest BCUT2D eigenvalue weighted by molar-refractivity contribution is 6.87. The summed E-state index contributed by atoms with van der Waals surface area (Å²) in [5.41, 5.74) is 4.19. The SMILES string of the molecule is COc1ccc(Cn2c(=O)ccn([C@@H]3OC([C@@H](O)[C@H](NCCCNC(=O)[C@@H](N)C(C)O)C(=O)OC(C)(C)C)[C@@H]([Si](C)(C)C(C)(C)C)[C@H]3[Si](C)(C)C(C)(C)C)c2=O)cc1. The van der Waals surface area contributed by atoms with Crippen LogP contribution in [0.2, 0.25) is 47.3 Å². The molecular weight excluding hydrogens is 775 g/mol. The van der Waals surface area contributed by atoms with Crippen molar-refractivity contribution in [1.29, 1.82) is 0 Å². The first-order valence-electron chi connectivity index (χ1n) is 20.4. The summed E-state index contributed by atoms with van der Waals surface area (Å²) in [5, 5.41) is 27.9. The van der Waals surface area contributed by atoms with Gasteiger partial charge in [0.1, 0.15) is 35.8 Å². The smallest absolute Gasteiger partial charge is 0.333 e. The second-order valence-corrected chi connectivity index (χ2v) is 31.4. The average Bonchev–Trinajstić information content (AvgIpc) is 3.51. The molecule has 1 saturated heterocycles. The third-order valence-corrected chi connectivity index (χ3v) is 25.7. The highest BCUT2D eigenvalue weighted by Crippen LogP contribution is 2.65. The number of hydrogen-bond acceptors (Lipinski definition) is 11. The minimum absolute atomic E-state index is 0.0355. The number of carbonyl (C=O) groups is 2. The Bertz CT molecular complexity index is 1820. The maximum Gasteiger partial charge on any atom is 0.333 e. The van der Waals surface area contributed by atoms with Gasteiger partial charge in [0.25, 0.3) is 5.56 Å². The van der Waals surface area contributed by atoms with Crippen LogP contribution in [0.3, 0.4) is 0 Å². The van der Waals surface area contributed by atoms with Crippen molar-refractivity contribution in [3.63, 3.8) is 0 Å². The molecule has 1 amide bonds. The number of ether oxygens (including phenoxy) is 3. The van der Waals surface area contributed by atoms with Gasteiger partial charge in [-0.2, -0.15) is 0 Å². The quantitative estimate of drug-likeness (QED) is 0.0901. The van der Waals surface area contributed by atoms with E-state index in [1.54, 1.807) is 40.0 Å². The van der Waals surface area contributed by atoms with E-state index in [4.69, 9.17) is 19.9 Å². The number of aliphatic hydroxyl groups is 2. The van der Waals surface area contributed by atoms with Gasteiger partial charge in [-0.25, -0.2) is 4.79 Å². The molecule has 0 aliphatic carbocycles. The molecule has 0 radical (unpaired) electrons. The number of nitrogens with two attached hydrogens (primary N) is 1. The molecule has 328 valence electrons. The molecule has 6 N–H and O–H groups in total. The van der Waals surface area contributed by atoms with E-state index in [1.165, 1.54) is 28.3 Å². The summed E-state index contributed by atoms with van der Waals surface area (Å²) < 4.78 is 21.1. The van der Waals surface area contributed by atoms with Gasteiger partial charge in [0.2, 0.25) is 5.91 Å². The van der Waals surface area contributed by atoms with Gasteiger partial charge in [0.05, 0.1) is 42.0 Å². The standard InChI is InChI=1S/C42H73N5O9Si2/c1-26(48)30(43)36(51)45-23-16-22-44-31(38(52)56-40(2,3)4)32(50)33-34(57(12,13)41(5,6)7)35(58(14,15)42(8,9)10)37(55-33)46-24-21-29(49)47(39(46)53)25-27-17-19-28(54-11)20-18-27/h17-21,24,26,30-35,37,44,48,50H,16,22-23,25,43H2,1-15H3,(H,45,51)/t26?,30-,31-,32-,33?,34+,35+,37+/m0/s1. The first-order valence-corrected chi connectivity index (χ1v) is 26.6. The van der Waals surface area contributed by atoms with E-state index >= 15 is 0 Å². The van der Waals surface area contributed by atoms with Crippen LogP contribution >= 0.6 is 0 Å². The Labute approximate surface area is 347 Å². The minimum atomic E-state index is -2.55. The molecule has 1 aromatic carbocycles. The fraction of sp³-hybridized carbons (Fsp3) is 0.714. The van der Waals surface area contributed by atoms with Gasteiger partial charge in [-0.15, -0.1) is 0 Å². The van der Waals surface area contributed by atoms with Crippen molar-refractivity contribution in [2.45, 2.75) is 172 Å². The first-order chi connectivity index (χ1) is 26.5. The van der Waals surface area contributed by atoms with Crippen molar-refractivity contribution in [3.05, 3.63) is 62.9 Å². The second kappa shape index (κ2) is 18.6. The summed E-state index contributed by atoms with van der Waals surface area (Å²) in [5.74, 6) is -0.498. The van der Waals surface area contributed by atoms with Crippen LogP contribution in [0.15, 0.2) is 46.1 Å². The van der Waals surface area contributed by atoms with Crippen LogP contribution in [0.1, 0.15) is 87.4 Å². The summed E-state index contributed by atoms with van der Waals surface area (Å²) in [6.07, 6.45) is -2.31. The largest absolute Gasteiger partial charge is 0.497 e. The fourth-order valence-corrected chi connectivity index (χ4v) is 16.2. The maximum absolute atomic E-state index is 14.6. The van der Waals surface area contributed by atoms with Crippen LogP contribution in [0.5, 0.6) is 5.75 Å². The van der Waals surface area contributed by atoms with E-state index in [9.17, 15) is 29.4 Å². The number of nitrogens with zero attached hydrogens (tertiary/aromatic N) is 2. The van der Waals surface area contributed by atoms with Crippen molar-refractivity contribution in [2.24, 2.45) is 5.73 Å². The molecule has 8 atom stereocenters. The zero-order valence-corrected chi connectivity index (χ0v) is 39.6. The number of methoxy groups -OCH3 is 1. The summed E-state index contributed by atoms with van der Waals surface area (Å²) in [6, 6.07) is 6.27. The summed E-state index contributed by atoms with van der Waals surface area (Å²) >= 11 is 0. The van der Waals surface area contributed by atoms with Gasteiger partial charge in [-0.05, 0) is 74.0 Å². The lowest BCUT2D eigenvalue weighted by Gasteiger charge is -2.52. The lowest BCUT2D eigenvalue weighted by atomic mass is 10.0. The van der Waals surface area contributed by atoms with Crippen LogP contribution in [0.25, 0.3) is 0 Å². The first kappa shape index (κ1) is 49.2. The van der Waals surface area contributed by atoms with Gasteiger partial charge in [0.15, 0.2) is 0 Å². The molecule has 16 heteroatoms. The Kier molecular flexibility index (Phi) is 15.8. The molecule has 1 aromatic heterocycles. The van der Waals surface area contributed by atoms with Crippen LogP contribution in [0.4, 0.5) is 0 Å². The summed E-state index contributed by atoms with van der Waals surface area (Å²) in [6.45, 7) is 29.7. The van der Waals surface area contributed by atoms with Gasteiger partial charge >= 0.3 is 11.7 Å². The molecule has 58 heavy (non-hydrogen) atoms. The number of amides is 1. The van der Waals surface area contributed by atoms with Crippen molar-refractivity contribution >= 4 is 28.0 Å². The molecule has 3 rings (SSSR count). The Morgan fingerprint density at radius 3 is 1.95 bits per heavy atom. The Morgan fingerprint density at radius 2 is 1.45 bits per heavy atom. The van der Waals surface area contributed by atoms with Crippen molar-refractivity contribution in [3.8, 4) is 5.75 Å². The number of benzene rings is 1. The number of aliphatic hydroxyl groups excluding tert-OH is 2. The molecule has 2 unspecified atom stereocenters. The normalized spacial score (nSPS) is 21.6. The highest BCUT2D eigenvalue weighted by Gasteiger charge is 2.64. The molecule has 1 aliphatic heterocycles. The number of hydrogen-bond donors (Lipinski definition) is 5. The second-order valence-electron chi connectivity index (χ2n) is 20.1. The average molecular weight is 848 g/mol. The molecule has 1 aliphatic rings. The van der Waals surface area contributed by atoms with Crippen molar-refractivity contribution in [2.75, 3.05) is 20.2 Å². The van der Waals surface area contributed by atoms with Crippen LogP contribution in [0, 0.1) is 0 Å². The molecular formula is C42H73N5O9Si2. The zero-order valence-electron chi connectivity index (χ0n) is 37.6. The van der Waals surface area contributed by atoms with Gasteiger partial charge in [0, 0.05) is 24.3 Å². The topological polar surface area (TPSA) is 196 Å². The number of nitrogens with one attached hydrogen (secondary N) is 2. The molecule has 0 bridgehead atoms. The van der Waals surface area contributed by atoms with E-state index in [0.717, 1.165) is 5.56 Å². The van der Waals surface area contributed by atoms with E-state index in [-0.39, 0.29) is 40.8 Å².